The normalized spacial score (nSPS) is 17.6. The van der Waals surface area contributed by atoms with Gasteiger partial charge in [0.15, 0.2) is 0 Å². The first kappa shape index (κ1) is 13.0. The highest BCUT2D eigenvalue weighted by Crippen LogP contribution is 2.20. The van der Waals surface area contributed by atoms with E-state index in [1.54, 1.807) is 13.0 Å². The average Bonchev–Trinajstić information content (AvgIpc) is 2.79. The molecule has 0 aliphatic carbocycles. The summed E-state index contributed by atoms with van der Waals surface area (Å²) in [5.41, 5.74) is 9.89. The molecule has 98 valence electrons. The number of ether oxygens (including phenoxy) is 1. The number of azide groups is 1. The lowest BCUT2D eigenvalue weighted by atomic mass is 10.2. The molecular formula is C13H14N4O2. The Balaban J connectivity index is 1.90. The highest BCUT2D eigenvalue weighted by Gasteiger charge is 2.27. The zero-order valence-electron chi connectivity index (χ0n) is 10.6. The summed E-state index contributed by atoms with van der Waals surface area (Å²) in [6.45, 7) is 2.44. The molecule has 0 spiro atoms. The zero-order chi connectivity index (χ0) is 13.7. The van der Waals surface area contributed by atoms with Crippen LogP contribution in [-0.4, -0.2) is 23.6 Å². The van der Waals surface area contributed by atoms with Crippen LogP contribution in [0.4, 0.5) is 4.79 Å². The minimum Gasteiger partial charge on any atom is -0.445 e. The lowest BCUT2D eigenvalue weighted by Crippen LogP contribution is -2.35. The van der Waals surface area contributed by atoms with Gasteiger partial charge in [-0.15, -0.1) is 0 Å². The molecule has 1 heterocycles. The molecule has 0 saturated carbocycles. The largest absolute Gasteiger partial charge is 0.445 e. The van der Waals surface area contributed by atoms with Crippen LogP contribution in [0, 0.1) is 0 Å². The quantitative estimate of drug-likeness (QED) is 0.474. The third kappa shape index (κ3) is 3.05. The van der Waals surface area contributed by atoms with Crippen LogP contribution in [0.2, 0.25) is 0 Å². The summed E-state index contributed by atoms with van der Waals surface area (Å²) >= 11 is 0. The van der Waals surface area contributed by atoms with E-state index in [-0.39, 0.29) is 12.6 Å². The van der Waals surface area contributed by atoms with Gasteiger partial charge in [-0.2, -0.15) is 0 Å². The second-order valence-electron chi connectivity index (χ2n) is 4.19. The summed E-state index contributed by atoms with van der Waals surface area (Å²) in [4.78, 5) is 16.2. The van der Waals surface area contributed by atoms with E-state index in [1.165, 1.54) is 4.90 Å². The van der Waals surface area contributed by atoms with Gasteiger partial charge in [-0.3, -0.25) is 4.90 Å². The Morgan fingerprint density at radius 1 is 1.53 bits per heavy atom. The van der Waals surface area contributed by atoms with Crippen molar-refractivity contribution in [3.8, 4) is 0 Å². The minimum atomic E-state index is -0.407. The highest BCUT2D eigenvalue weighted by molar-refractivity contribution is 5.69. The van der Waals surface area contributed by atoms with E-state index >= 15 is 0 Å². The molecule has 6 heteroatoms. The first-order chi connectivity index (χ1) is 9.22. The average molecular weight is 258 g/mol. The molecule has 0 N–H and O–H groups in total. The number of benzene rings is 1. The standard InChI is InChI=1S/C13H14N4O2/c1-10-12(15-16-14)7-8-17(10)13(18)19-9-11-5-3-2-4-6-11/h2-7,10H,8-9H2,1H3. The van der Waals surface area contributed by atoms with Gasteiger partial charge in [-0.25, -0.2) is 4.79 Å². The van der Waals surface area contributed by atoms with E-state index in [1.807, 2.05) is 30.3 Å². The van der Waals surface area contributed by atoms with E-state index in [9.17, 15) is 4.79 Å². The third-order valence-corrected chi connectivity index (χ3v) is 2.99. The van der Waals surface area contributed by atoms with E-state index < -0.39 is 6.09 Å². The van der Waals surface area contributed by atoms with E-state index in [0.29, 0.717) is 12.2 Å². The fraction of sp³-hybridized carbons (Fsp3) is 0.308. The topological polar surface area (TPSA) is 78.3 Å². The van der Waals surface area contributed by atoms with Gasteiger partial charge in [0.1, 0.15) is 6.61 Å². The summed E-state index contributed by atoms with van der Waals surface area (Å²) in [5.74, 6) is 0. The van der Waals surface area contributed by atoms with Crippen molar-refractivity contribution < 1.29 is 9.53 Å². The fourth-order valence-electron chi connectivity index (χ4n) is 1.89. The molecule has 1 amide bonds. The van der Waals surface area contributed by atoms with Gasteiger partial charge >= 0.3 is 6.09 Å². The Labute approximate surface area is 110 Å². The SMILES string of the molecule is CC1C(N=[N+]=[N-])=CCN1C(=O)OCc1ccccc1. The first-order valence-electron chi connectivity index (χ1n) is 5.95. The Hall–Kier alpha value is -2.46. The molecular weight excluding hydrogens is 244 g/mol. The van der Waals surface area contributed by atoms with Crippen molar-refractivity contribution >= 4 is 6.09 Å². The Morgan fingerprint density at radius 2 is 2.26 bits per heavy atom. The predicted molar refractivity (Wildman–Crippen MR) is 70.0 cm³/mol. The van der Waals surface area contributed by atoms with Crippen LogP contribution >= 0.6 is 0 Å². The summed E-state index contributed by atoms with van der Waals surface area (Å²) in [7, 11) is 0. The maximum atomic E-state index is 11.9. The minimum absolute atomic E-state index is 0.236. The molecule has 1 aromatic rings. The van der Waals surface area contributed by atoms with Gasteiger partial charge < -0.3 is 4.74 Å². The van der Waals surface area contributed by atoms with Crippen molar-refractivity contribution in [3.05, 3.63) is 58.1 Å². The molecule has 0 fully saturated rings. The molecule has 1 aromatic carbocycles. The van der Waals surface area contributed by atoms with Crippen LogP contribution in [0.1, 0.15) is 12.5 Å². The van der Waals surface area contributed by atoms with E-state index in [2.05, 4.69) is 10.0 Å². The van der Waals surface area contributed by atoms with Crippen molar-refractivity contribution in [1.82, 2.24) is 4.90 Å². The van der Waals surface area contributed by atoms with Crippen molar-refractivity contribution in [3.63, 3.8) is 0 Å². The molecule has 1 aliphatic rings. The lowest BCUT2D eigenvalue weighted by molar-refractivity contribution is 0.0960. The number of nitrogens with zero attached hydrogens (tertiary/aromatic N) is 4. The summed E-state index contributed by atoms with van der Waals surface area (Å²) in [5, 5.41) is 3.55. The molecule has 6 nitrogen and oxygen atoms in total. The molecule has 0 saturated heterocycles. The summed E-state index contributed by atoms with van der Waals surface area (Å²) < 4.78 is 5.23. The van der Waals surface area contributed by atoms with Crippen LogP contribution in [0.25, 0.3) is 10.4 Å². The number of hydrogen-bond acceptors (Lipinski definition) is 3. The molecule has 1 unspecified atom stereocenters. The molecule has 19 heavy (non-hydrogen) atoms. The summed E-state index contributed by atoms with van der Waals surface area (Å²) in [6.07, 6.45) is 1.32. The van der Waals surface area contributed by atoms with Gasteiger partial charge in [0.25, 0.3) is 0 Å². The van der Waals surface area contributed by atoms with Gasteiger partial charge in [-0.05, 0) is 18.0 Å². The van der Waals surface area contributed by atoms with Crippen LogP contribution in [0.15, 0.2) is 47.2 Å². The number of carbonyl (C=O) groups is 1. The van der Waals surface area contributed by atoms with E-state index in [4.69, 9.17) is 10.3 Å². The number of hydrogen-bond donors (Lipinski definition) is 0. The van der Waals surface area contributed by atoms with Gasteiger partial charge in [0.05, 0.1) is 6.04 Å². The third-order valence-electron chi connectivity index (χ3n) is 2.99. The first-order valence-corrected chi connectivity index (χ1v) is 5.95. The maximum absolute atomic E-state index is 11.9. The fourth-order valence-corrected chi connectivity index (χ4v) is 1.89. The Bertz CT molecular complexity index is 535. The molecule has 0 radical (unpaired) electrons. The molecule has 2 rings (SSSR count). The van der Waals surface area contributed by atoms with Crippen molar-refractivity contribution in [1.29, 1.82) is 0 Å². The number of carbonyl (C=O) groups excluding carboxylic acids is 1. The number of rotatable bonds is 3. The van der Waals surface area contributed by atoms with Crippen LogP contribution in [0.5, 0.6) is 0 Å². The Morgan fingerprint density at radius 3 is 2.95 bits per heavy atom. The Kier molecular flexibility index (Phi) is 4.05. The smallest absolute Gasteiger partial charge is 0.410 e. The maximum Gasteiger partial charge on any atom is 0.410 e. The van der Waals surface area contributed by atoms with Crippen LogP contribution in [-0.2, 0) is 11.3 Å². The second kappa shape index (κ2) is 5.93. The monoisotopic (exact) mass is 258 g/mol. The predicted octanol–water partition coefficient (Wildman–Crippen LogP) is 3.22. The van der Waals surface area contributed by atoms with Gasteiger partial charge in [-0.1, -0.05) is 41.5 Å². The van der Waals surface area contributed by atoms with Gasteiger partial charge in [0, 0.05) is 17.2 Å². The molecule has 0 bridgehead atoms. The molecule has 1 atom stereocenters. The molecule has 0 aromatic heterocycles. The molecule has 1 aliphatic heterocycles. The van der Waals surface area contributed by atoms with Crippen molar-refractivity contribution in [2.45, 2.75) is 19.6 Å². The van der Waals surface area contributed by atoms with Crippen molar-refractivity contribution in [2.75, 3.05) is 6.54 Å². The zero-order valence-corrected chi connectivity index (χ0v) is 10.6. The highest BCUT2D eigenvalue weighted by atomic mass is 16.6. The van der Waals surface area contributed by atoms with E-state index in [0.717, 1.165) is 5.56 Å². The van der Waals surface area contributed by atoms with Gasteiger partial charge in [0.2, 0.25) is 0 Å². The second-order valence-corrected chi connectivity index (χ2v) is 4.19. The number of amides is 1. The summed E-state index contributed by atoms with van der Waals surface area (Å²) in [6, 6.07) is 9.23. The van der Waals surface area contributed by atoms with Crippen LogP contribution < -0.4 is 0 Å². The van der Waals surface area contributed by atoms with Crippen molar-refractivity contribution in [2.24, 2.45) is 5.11 Å². The lowest BCUT2D eigenvalue weighted by Gasteiger charge is -2.22. The van der Waals surface area contributed by atoms with Crippen LogP contribution in [0.3, 0.4) is 0 Å².